The molecule has 2 atom stereocenters. The summed E-state index contributed by atoms with van der Waals surface area (Å²) >= 11 is 0. The van der Waals surface area contributed by atoms with Crippen molar-refractivity contribution in [1.29, 1.82) is 0 Å². The lowest BCUT2D eigenvalue weighted by Gasteiger charge is -2.11. The maximum absolute atomic E-state index is 11.1. The van der Waals surface area contributed by atoms with E-state index in [1.807, 2.05) is 0 Å². The molecule has 110 valence electrons. The van der Waals surface area contributed by atoms with E-state index in [9.17, 15) is 4.79 Å². The third-order valence-electron chi connectivity index (χ3n) is 4.68. The molecule has 1 saturated heterocycles. The molecular formula is C16H19N3O2. The number of aryl methyl sites for hydroxylation is 1. The number of aromatic nitrogens is 2. The second-order valence-electron chi connectivity index (χ2n) is 6.24. The molecule has 2 fully saturated rings. The van der Waals surface area contributed by atoms with Gasteiger partial charge in [-0.2, -0.15) is 0 Å². The van der Waals surface area contributed by atoms with E-state index in [1.165, 1.54) is 18.4 Å². The summed E-state index contributed by atoms with van der Waals surface area (Å²) in [4.78, 5) is 15.7. The standard InChI is InChI=1S/C16H19N3O2/c1-9-18-14-6-10(13-7-11(8-17-13)16(20)21)2-5-15(14)19(9)12-3-4-12/h2,5-6,11-13,17H,3-4,7-8H2,1H3,(H,20,21). The molecule has 2 unspecified atom stereocenters. The van der Waals surface area contributed by atoms with Crippen molar-refractivity contribution in [3.8, 4) is 0 Å². The van der Waals surface area contributed by atoms with E-state index < -0.39 is 5.97 Å². The first-order valence-electron chi connectivity index (χ1n) is 7.58. The summed E-state index contributed by atoms with van der Waals surface area (Å²) < 4.78 is 2.33. The van der Waals surface area contributed by atoms with Gasteiger partial charge in [0.15, 0.2) is 0 Å². The molecule has 4 rings (SSSR count). The van der Waals surface area contributed by atoms with Gasteiger partial charge in [0.05, 0.1) is 17.0 Å². The van der Waals surface area contributed by atoms with Crippen molar-refractivity contribution in [3.63, 3.8) is 0 Å². The minimum atomic E-state index is -0.708. The molecule has 1 aromatic heterocycles. The molecule has 1 aliphatic heterocycles. The Morgan fingerprint density at radius 1 is 1.43 bits per heavy atom. The van der Waals surface area contributed by atoms with Crippen LogP contribution in [0.5, 0.6) is 0 Å². The minimum Gasteiger partial charge on any atom is -0.481 e. The first-order chi connectivity index (χ1) is 10.1. The molecule has 0 bridgehead atoms. The average Bonchev–Trinajstić information content (AvgIpc) is 3.05. The number of hydrogen-bond donors (Lipinski definition) is 2. The summed E-state index contributed by atoms with van der Waals surface area (Å²) in [5.41, 5.74) is 3.37. The second-order valence-corrected chi connectivity index (χ2v) is 6.24. The lowest BCUT2D eigenvalue weighted by Crippen LogP contribution is -2.17. The van der Waals surface area contributed by atoms with Crippen LogP contribution >= 0.6 is 0 Å². The van der Waals surface area contributed by atoms with Crippen LogP contribution in [0.1, 0.15) is 42.7 Å². The van der Waals surface area contributed by atoms with Crippen LogP contribution in [0.25, 0.3) is 11.0 Å². The quantitative estimate of drug-likeness (QED) is 0.909. The predicted molar refractivity (Wildman–Crippen MR) is 79.2 cm³/mol. The van der Waals surface area contributed by atoms with E-state index in [0.717, 1.165) is 16.9 Å². The van der Waals surface area contributed by atoms with E-state index in [0.29, 0.717) is 19.0 Å². The molecule has 5 nitrogen and oxygen atoms in total. The third kappa shape index (κ3) is 2.12. The number of nitrogens with zero attached hydrogens (tertiary/aromatic N) is 2. The van der Waals surface area contributed by atoms with Crippen molar-refractivity contribution in [1.82, 2.24) is 14.9 Å². The fraction of sp³-hybridized carbons (Fsp3) is 0.500. The van der Waals surface area contributed by atoms with Crippen molar-refractivity contribution < 1.29 is 9.90 Å². The molecule has 21 heavy (non-hydrogen) atoms. The predicted octanol–water partition coefficient (Wildman–Crippen LogP) is 2.41. The second kappa shape index (κ2) is 4.56. The fourth-order valence-corrected chi connectivity index (χ4v) is 3.42. The first-order valence-corrected chi connectivity index (χ1v) is 7.58. The van der Waals surface area contributed by atoms with Crippen molar-refractivity contribution in [3.05, 3.63) is 29.6 Å². The van der Waals surface area contributed by atoms with Crippen LogP contribution in [-0.4, -0.2) is 27.2 Å². The number of aliphatic carboxylic acids is 1. The Morgan fingerprint density at radius 2 is 2.24 bits per heavy atom. The fourth-order valence-electron chi connectivity index (χ4n) is 3.42. The Hall–Kier alpha value is -1.88. The Kier molecular flexibility index (Phi) is 2.79. The summed E-state index contributed by atoms with van der Waals surface area (Å²) in [6.45, 7) is 2.61. The van der Waals surface area contributed by atoms with Gasteiger partial charge in [0, 0.05) is 18.6 Å². The summed E-state index contributed by atoms with van der Waals surface area (Å²) in [6.07, 6.45) is 3.15. The van der Waals surface area contributed by atoms with E-state index >= 15 is 0 Å². The number of carbonyl (C=O) groups is 1. The van der Waals surface area contributed by atoms with E-state index in [-0.39, 0.29) is 12.0 Å². The number of nitrogens with one attached hydrogen (secondary N) is 1. The maximum atomic E-state index is 11.1. The van der Waals surface area contributed by atoms with E-state index in [2.05, 4.69) is 40.0 Å². The number of rotatable bonds is 3. The molecule has 1 saturated carbocycles. The highest BCUT2D eigenvalue weighted by molar-refractivity contribution is 5.77. The normalized spacial score (nSPS) is 25.6. The molecule has 5 heteroatoms. The maximum Gasteiger partial charge on any atom is 0.307 e. The summed E-state index contributed by atoms with van der Waals surface area (Å²) in [5.74, 6) is 0.0869. The highest BCUT2D eigenvalue weighted by Crippen LogP contribution is 2.39. The lowest BCUT2D eigenvalue weighted by molar-refractivity contribution is -0.141. The number of fused-ring (bicyclic) bond motifs is 1. The zero-order valence-corrected chi connectivity index (χ0v) is 12.0. The van der Waals surface area contributed by atoms with Crippen molar-refractivity contribution in [2.45, 2.75) is 38.3 Å². The molecule has 0 spiro atoms. The topological polar surface area (TPSA) is 67.2 Å². The molecular weight excluding hydrogens is 266 g/mol. The van der Waals surface area contributed by atoms with Gasteiger partial charge in [-0.05, 0) is 43.9 Å². The monoisotopic (exact) mass is 285 g/mol. The van der Waals surface area contributed by atoms with E-state index in [4.69, 9.17) is 5.11 Å². The molecule has 2 aliphatic rings. The van der Waals surface area contributed by atoms with Gasteiger partial charge in [0.2, 0.25) is 0 Å². The number of benzene rings is 1. The smallest absolute Gasteiger partial charge is 0.307 e. The minimum absolute atomic E-state index is 0.127. The third-order valence-corrected chi connectivity index (χ3v) is 4.68. The zero-order chi connectivity index (χ0) is 14.6. The van der Waals surface area contributed by atoms with Crippen molar-refractivity contribution in [2.24, 2.45) is 5.92 Å². The number of imidazole rings is 1. The SMILES string of the molecule is Cc1nc2cc(C3CC(C(=O)O)CN3)ccc2n1C1CC1. The van der Waals surface area contributed by atoms with Gasteiger partial charge in [-0.3, -0.25) is 4.79 Å². The van der Waals surface area contributed by atoms with Gasteiger partial charge in [0.25, 0.3) is 0 Å². The molecule has 1 aliphatic carbocycles. The van der Waals surface area contributed by atoms with Gasteiger partial charge < -0.3 is 15.0 Å². The average molecular weight is 285 g/mol. The van der Waals surface area contributed by atoms with Crippen LogP contribution in [0.15, 0.2) is 18.2 Å². The molecule has 2 heterocycles. The number of hydrogen-bond acceptors (Lipinski definition) is 3. The Bertz CT molecular complexity index is 718. The largest absolute Gasteiger partial charge is 0.481 e. The van der Waals surface area contributed by atoms with Crippen LogP contribution < -0.4 is 5.32 Å². The Balaban J connectivity index is 1.67. The van der Waals surface area contributed by atoms with Gasteiger partial charge in [-0.1, -0.05) is 6.07 Å². The van der Waals surface area contributed by atoms with Crippen LogP contribution in [-0.2, 0) is 4.79 Å². The highest BCUT2D eigenvalue weighted by atomic mass is 16.4. The summed E-state index contributed by atoms with van der Waals surface area (Å²) in [6, 6.07) is 7.12. The summed E-state index contributed by atoms with van der Waals surface area (Å²) in [7, 11) is 0. The van der Waals surface area contributed by atoms with Crippen molar-refractivity contribution in [2.75, 3.05) is 6.54 Å². The Morgan fingerprint density at radius 3 is 2.90 bits per heavy atom. The molecule has 2 N–H and O–H groups in total. The van der Waals surface area contributed by atoms with Gasteiger partial charge in [0.1, 0.15) is 5.82 Å². The first kappa shape index (κ1) is 12.8. The van der Waals surface area contributed by atoms with Crippen molar-refractivity contribution >= 4 is 17.0 Å². The highest BCUT2D eigenvalue weighted by Gasteiger charge is 2.31. The van der Waals surface area contributed by atoms with Gasteiger partial charge >= 0.3 is 5.97 Å². The molecule has 0 radical (unpaired) electrons. The zero-order valence-electron chi connectivity index (χ0n) is 12.0. The molecule has 2 aromatic rings. The Labute approximate surface area is 123 Å². The molecule has 0 amide bonds. The van der Waals surface area contributed by atoms with Gasteiger partial charge in [-0.25, -0.2) is 4.98 Å². The van der Waals surface area contributed by atoms with Crippen LogP contribution in [0.4, 0.5) is 0 Å². The summed E-state index contributed by atoms with van der Waals surface area (Å²) in [5, 5.41) is 12.4. The van der Waals surface area contributed by atoms with Gasteiger partial charge in [-0.15, -0.1) is 0 Å². The van der Waals surface area contributed by atoms with Crippen LogP contribution in [0.3, 0.4) is 0 Å². The number of carboxylic acid groups (broad SMARTS) is 1. The molecule has 1 aromatic carbocycles. The van der Waals surface area contributed by atoms with Crippen LogP contribution in [0, 0.1) is 12.8 Å². The lowest BCUT2D eigenvalue weighted by atomic mass is 10.00. The van der Waals surface area contributed by atoms with E-state index in [1.54, 1.807) is 0 Å². The van der Waals surface area contributed by atoms with Crippen LogP contribution in [0.2, 0.25) is 0 Å². The number of carboxylic acids is 1.